The monoisotopic (exact) mass is 168 g/mol. The summed E-state index contributed by atoms with van der Waals surface area (Å²) in [6.07, 6.45) is 3.68. The van der Waals surface area contributed by atoms with Crippen LogP contribution in [0.1, 0.15) is 27.7 Å². The van der Waals surface area contributed by atoms with Crippen LogP contribution in [0.25, 0.3) is 0 Å². The van der Waals surface area contributed by atoms with E-state index in [9.17, 15) is 0 Å². The molecule has 0 spiro atoms. The molecule has 0 amide bonds. The van der Waals surface area contributed by atoms with E-state index in [1.807, 2.05) is 39.8 Å². The van der Waals surface area contributed by atoms with E-state index in [4.69, 9.17) is 4.74 Å². The SMILES string of the molecule is C=C(C)/C=C\C(=C)OCC.CC. The third-order valence-electron chi connectivity index (χ3n) is 0.883. The van der Waals surface area contributed by atoms with Crippen molar-refractivity contribution in [2.75, 3.05) is 6.61 Å². The van der Waals surface area contributed by atoms with E-state index in [1.165, 1.54) is 0 Å². The van der Waals surface area contributed by atoms with E-state index in [1.54, 1.807) is 0 Å². The zero-order valence-corrected chi connectivity index (χ0v) is 8.68. The van der Waals surface area contributed by atoms with E-state index in [2.05, 4.69) is 13.2 Å². The Balaban J connectivity index is 0. The molecule has 12 heavy (non-hydrogen) atoms. The van der Waals surface area contributed by atoms with Gasteiger partial charge < -0.3 is 4.74 Å². The van der Waals surface area contributed by atoms with Crippen LogP contribution in [0, 0.1) is 0 Å². The number of ether oxygens (including phenoxy) is 1. The van der Waals surface area contributed by atoms with Crippen LogP contribution in [0.5, 0.6) is 0 Å². The van der Waals surface area contributed by atoms with Crippen LogP contribution in [-0.2, 0) is 4.74 Å². The first-order chi connectivity index (χ1) is 5.66. The van der Waals surface area contributed by atoms with Crippen molar-refractivity contribution in [1.82, 2.24) is 0 Å². The Morgan fingerprint density at radius 2 is 1.75 bits per heavy atom. The first-order valence-corrected chi connectivity index (χ1v) is 4.32. The Hall–Kier alpha value is -0.980. The van der Waals surface area contributed by atoms with Gasteiger partial charge in [0, 0.05) is 0 Å². The number of hydrogen-bond donors (Lipinski definition) is 0. The summed E-state index contributed by atoms with van der Waals surface area (Å²) in [7, 11) is 0. The largest absolute Gasteiger partial charge is 0.495 e. The minimum absolute atomic E-state index is 0.666. The summed E-state index contributed by atoms with van der Waals surface area (Å²) in [6.45, 7) is 15.9. The summed E-state index contributed by atoms with van der Waals surface area (Å²) in [6, 6.07) is 0. The van der Waals surface area contributed by atoms with Gasteiger partial charge in [-0.1, -0.05) is 38.7 Å². The predicted molar refractivity (Wildman–Crippen MR) is 56.1 cm³/mol. The first-order valence-electron chi connectivity index (χ1n) is 4.32. The Morgan fingerprint density at radius 3 is 2.08 bits per heavy atom. The van der Waals surface area contributed by atoms with Crippen molar-refractivity contribution in [3.05, 3.63) is 36.6 Å². The van der Waals surface area contributed by atoms with Crippen LogP contribution in [0.3, 0.4) is 0 Å². The molecule has 0 unspecified atom stereocenters. The number of rotatable bonds is 4. The van der Waals surface area contributed by atoms with Crippen LogP contribution in [0.2, 0.25) is 0 Å². The highest BCUT2D eigenvalue weighted by Gasteiger charge is 1.82. The lowest BCUT2D eigenvalue weighted by atomic mass is 10.3. The third-order valence-corrected chi connectivity index (χ3v) is 0.883. The third kappa shape index (κ3) is 11.8. The summed E-state index contributed by atoms with van der Waals surface area (Å²) < 4.78 is 5.07. The molecule has 1 nitrogen and oxygen atoms in total. The Morgan fingerprint density at radius 1 is 1.25 bits per heavy atom. The summed E-state index contributed by atoms with van der Waals surface area (Å²) in [5.74, 6) is 0.686. The van der Waals surface area contributed by atoms with Crippen LogP contribution in [-0.4, -0.2) is 6.61 Å². The zero-order chi connectivity index (χ0) is 9.98. The molecule has 0 saturated heterocycles. The van der Waals surface area contributed by atoms with Crippen LogP contribution >= 0.6 is 0 Å². The van der Waals surface area contributed by atoms with E-state index in [0.29, 0.717) is 12.4 Å². The lowest BCUT2D eigenvalue weighted by Gasteiger charge is -1.99. The van der Waals surface area contributed by atoms with Crippen LogP contribution < -0.4 is 0 Å². The lowest BCUT2D eigenvalue weighted by molar-refractivity contribution is 0.244. The van der Waals surface area contributed by atoms with Crippen molar-refractivity contribution in [2.24, 2.45) is 0 Å². The summed E-state index contributed by atoms with van der Waals surface area (Å²) >= 11 is 0. The second-order valence-corrected chi connectivity index (χ2v) is 2.08. The molecule has 0 bridgehead atoms. The Bertz CT molecular complexity index is 154. The smallest absolute Gasteiger partial charge is 0.112 e. The molecule has 0 N–H and O–H groups in total. The summed E-state index contributed by atoms with van der Waals surface area (Å²) in [4.78, 5) is 0. The van der Waals surface area contributed by atoms with E-state index >= 15 is 0 Å². The molecule has 0 aromatic rings. The average molecular weight is 168 g/mol. The van der Waals surface area contributed by atoms with Gasteiger partial charge in [0.2, 0.25) is 0 Å². The molecular formula is C11H20O. The van der Waals surface area contributed by atoms with Gasteiger partial charge in [-0.15, -0.1) is 0 Å². The maximum absolute atomic E-state index is 5.07. The van der Waals surface area contributed by atoms with Crippen molar-refractivity contribution in [2.45, 2.75) is 27.7 Å². The number of hydrogen-bond acceptors (Lipinski definition) is 1. The van der Waals surface area contributed by atoms with Crippen molar-refractivity contribution in [1.29, 1.82) is 0 Å². The van der Waals surface area contributed by atoms with Crippen molar-refractivity contribution in [3.8, 4) is 0 Å². The first kappa shape index (κ1) is 13.6. The molecule has 0 aliphatic rings. The predicted octanol–water partition coefficient (Wildman–Crippen LogP) is 3.70. The van der Waals surface area contributed by atoms with Gasteiger partial charge in [-0.05, 0) is 19.9 Å². The Labute approximate surface area is 76.4 Å². The molecule has 0 aliphatic heterocycles. The molecule has 0 aromatic heterocycles. The quantitative estimate of drug-likeness (QED) is 0.459. The van der Waals surface area contributed by atoms with Gasteiger partial charge in [0.25, 0.3) is 0 Å². The normalized spacial score (nSPS) is 8.67. The van der Waals surface area contributed by atoms with Gasteiger partial charge in [-0.2, -0.15) is 0 Å². The minimum Gasteiger partial charge on any atom is -0.495 e. The fraction of sp³-hybridized carbons (Fsp3) is 0.455. The van der Waals surface area contributed by atoms with Gasteiger partial charge in [0.15, 0.2) is 0 Å². The molecule has 0 aromatic carbocycles. The summed E-state index contributed by atoms with van der Waals surface area (Å²) in [5.41, 5.74) is 1.00. The molecule has 0 fully saturated rings. The highest BCUT2D eigenvalue weighted by Crippen LogP contribution is 1.98. The lowest BCUT2D eigenvalue weighted by Crippen LogP contribution is -1.84. The van der Waals surface area contributed by atoms with Gasteiger partial charge in [-0.25, -0.2) is 0 Å². The molecule has 0 saturated carbocycles. The molecule has 0 radical (unpaired) electrons. The highest BCUT2D eigenvalue weighted by atomic mass is 16.5. The van der Waals surface area contributed by atoms with Crippen molar-refractivity contribution < 1.29 is 4.74 Å². The van der Waals surface area contributed by atoms with Crippen LogP contribution in [0.4, 0.5) is 0 Å². The molecule has 0 atom stereocenters. The topological polar surface area (TPSA) is 9.23 Å². The molecule has 1 heteroatoms. The van der Waals surface area contributed by atoms with Crippen molar-refractivity contribution >= 4 is 0 Å². The maximum atomic E-state index is 5.07. The minimum atomic E-state index is 0.666. The Kier molecular flexibility index (Phi) is 11.4. The maximum Gasteiger partial charge on any atom is 0.112 e. The van der Waals surface area contributed by atoms with Gasteiger partial charge in [0.05, 0.1) is 6.61 Å². The fourth-order valence-electron chi connectivity index (χ4n) is 0.469. The number of allylic oxidation sites excluding steroid dienone is 3. The second kappa shape index (κ2) is 10.0. The zero-order valence-electron chi connectivity index (χ0n) is 8.68. The highest BCUT2D eigenvalue weighted by molar-refractivity contribution is 5.19. The van der Waals surface area contributed by atoms with E-state index < -0.39 is 0 Å². The van der Waals surface area contributed by atoms with Gasteiger partial charge in [-0.3, -0.25) is 0 Å². The fourth-order valence-corrected chi connectivity index (χ4v) is 0.469. The van der Waals surface area contributed by atoms with E-state index in [0.717, 1.165) is 5.57 Å². The molecule has 0 aliphatic carbocycles. The molecule has 0 heterocycles. The average Bonchev–Trinajstić information content (AvgIpc) is 2.05. The molecule has 0 rings (SSSR count). The van der Waals surface area contributed by atoms with E-state index in [-0.39, 0.29) is 0 Å². The molecule has 70 valence electrons. The van der Waals surface area contributed by atoms with Crippen molar-refractivity contribution in [3.63, 3.8) is 0 Å². The van der Waals surface area contributed by atoms with Crippen LogP contribution in [0.15, 0.2) is 36.6 Å². The van der Waals surface area contributed by atoms with Gasteiger partial charge >= 0.3 is 0 Å². The summed E-state index contributed by atoms with van der Waals surface area (Å²) in [5, 5.41) is 0. The van der Waals surface area contributed by atoms with Gasteiger partial charge in [0.1, 0.15) is 5.76 Å². The molecular weight excluding hydrogens is 148 g/mol. The second-order valence-electron chi connectivity index (χ2n) is 2.08. The standard InChI is InChI=1S/C9H14O.C2H6/c1-5-10-9(4)7-6-8(2)3;1-2/h6-7H,2,4-5H2,1,3H3;1-2H3/b7-6-;.